The topological polar surface area (TPSA) is 121 Å². The van der Waals surface area contributed by atoms with E-state index in [9.17, 15) is 0 Å². The van der Waals surface area contributed by atoms with Gasteiger partial charge in [0.1, 0.15) is 0 Å². The summed E-state index contributed by atoms with van der Waals surface area (Å²) >= 11 is 0. The van der Waals surface area contributed by atoms with Crippen molar-refractivity contribution in [3.05, 3.63) is 290 Å². The van der Waals surface area contributed by atoms with Crippen molar-refractivity contribution in [2.75, 3.05) is 0 Å². The second-order valence-electron chi connectivity index (χ2n) is 22.0. The maximum absolute atomic E-state index is 15.2. The molecule has 0 saturated carbocycles. The molecular formula is C77H46F6N10. The Bertz CT molecular complexity index is 4850. The van der Waals surface area contributed by atoms with E-state index in [1.54, 1.807) is 24.3 Å². The Kier molecular flexibility index (Phi) is 14.6. The zero-order valence-electron chi connectivity index (χ0n) is 48.8. The molecule has 15 aromatic rings. The summed E-state index contributed by atoms with van der Waals surface area (Å²) in [6.45, 7) is 0. The highest BCUT2D eigenvalue weighted by Crippen LogP contribution is 2.47. The molecule has 0 N–H and O–H groups in total. The molecule has 0 unspecified atom stereocenters. The van der Waals surface area contributed by atoms with Gasteiger partial charge in [-0.3, -0.25) is 0 Å². The van der Waals surface area contributed by atoms with Gasteiger partial charge in [-0.1, -0.05) is 206 Å². The van der Waals surface area contributed by atoms with Crippen molar-refractivity contribution in [1.82, 2.24) is 49.4 Å². The number of rotatable bonds is 12. The van der Waals surface area contributed by atoms with Crippen LogP contribution < -0.4 is 0 Å². The van der Waals surface area contributed by atoms with E-state index in [0.29, 0.717) is 79.0 Å². The predicted octanol–water partition coefficient (Wildman–Crippen LogP) is 19.7. The second kappa shape index (κ2) is 23.7. The molecule has 0 bridgehead atoms. The fourth-order valence-electron chi connectivity index (χ4n) is 11.5. The highest BCUT2D eigenvalue weighted by atomic mass is 19.4. The van der Waals surface area contributed by atoms with Gasteiger partial charge in [0.25, 0.3) is 0 Å². The van der Waals surface area contributed by atoms with Gasteiger partial charge in [0.05, 0.1) is 27.8 Å². The molecule has 0 radical (unpaired) electrons. The van der Waals surface area contributed by atoms with Gasteiger partial charge in [-0.2, -0.15) is 26.3 Å². The van der Waals surface area contributed by atoms with Gasteiger partial charge in [-0.25, -0.2) is 44.9 Å². The molecule has 15 rings (SSSR count). The summed E-state index contributed by atoms with van der Waals surface area (Å²) < 4.78 is 93.1. The molecule has 0 aliphatic rings. The number of nitrogens with zero attached hydrogens (tertiary/aromatic N) is 10. The van der Waals surface area contributed by atoms with Gasteiger partial charge in [0, 0.05) is 72.0 Å². The van der Waals surface area contributed by atoms with Crippen LogP contribution in [0.5, 0.6) is 0 Å². The van der Waals surface area contributed by atoms with Crippen LogP contribution in [0.25, 0.3) is 152 Å². The zero-order valence-corrected chi connectivity index (χ0v) is 48.8. The molecule has 16 heteroatoms. The van der Waals surface area contributed by atoms with E-state index in [4.69, 9.17) is 44.9 Å². The first-order valence-corrected chi connectivity index (χ1v) is 29.6. The molecule has 4 heterocycles. The highest BCUT2D eigenvalue weighted by Gasteiger charge is 2.34. The lowest BCUT2D eigenvalue weighted by Crippen LogP contribution is -2.07. The van der Waals surface area contributed by atoms with Crippen molar-refractivity contribution in [1.29, 1.82) is 0 Å². The predicted molar refractivity (Wildman–Crippen MR) is 351 cm³/mol. The third-order valence-corrected chi connectivity index (χ3v) is 16.0. The summed E-state index contributed by atoms with van der Waals surface area (Å²) in [5.41, 5.74) is 5.70. The molecule has 0 atom stereocenters. The van der Waals surface area contributed by atoms with Gasteiger partial charge >= 0.3 is 12.4 Å². The highest BCUT2D eigenvalue weighted by molar-refractivity contribution is 6.13. The zero-order chi connectivity index (χ0) is 63.2. The minimum atomic E-state index is -4.80. The largest absolute Gasteiger partial charge is 0.416 e. The first-order chi connectivity index (χ1) is 45.3. The van der Waals surface area contributed by atoms with Crippen LogP contribution in [0.2, 0.25) is 0 Å². The van der Waals surface area contributed by atoms with Crippen LogP contribution in [0.15, 0.2) is 279 Å². The number of hydrogen-bond donors (Lipinski definition) is 0. The fraction of sp³-hybridized carbons (Fsp3) is 0.0260. The number of fused-ring (bicyclic) bond motifs is 3. The molecule has 0 amide bonds. The lowest BCUT2D eigenvalue weighted by atomic mass is 9.91. The smallest absolute Gasteiger partial charge is 0.308 e. The average Bonchev–Trinajstić information content (AvgIpc) is 1.60. The van der Waals surface area contributed by atoms with E-state index in [-0.39, 0.29) is 51.0 Å². The fourth-order valence-corrected chi connectivity index (χ4v) is 11.5. The molecule has 0 fully saturated rings. The monoisotopic (exact) mass is 1220 g/mol. The van der Waals surface area contributed by atoms with Crippen molar-refractivity contribution in [2.24, 2.45) is 0 Å². The summed E-state index contributed by atoms with van der Waals surface area (Å²) in [5, 5.41) is 1.22. The van der Waals surface area contributed by atoms with E-state index >= 15 is 26.3 Å². The molecule has 0 aliphatic heterocycles. The molecule has 11 aromatic carbocycles. The van der Waals surface area contributed by atoms with Crippen LogP contribution in [0.1, 0.15) is 11.1 Å². The molecular weight excluding hydrogens is 1180 g/mol. The number of benzene rings is 11. The second-order valence-corrected chi connectivity index (χ2v) is 22.0. The lowest BCUT2D eigenvalue weighted by molar-refractivity contribution is -0.138. The van der Waals surface area contributed by atoms with Crippen molar-refractivity contribution >= 4 is 21.8 Å². The van der Waals surface area contributed by atoms with Gasteiger partial charge < -0.3 is 4.57 Å². The van der Waals surface area contributed by atoms with Crippen LogP contribution in [0.3, 0.4) is 0 Å². The van der Waals surface area contributed by atoms with Crippen LogP contribution in [-0.4, -0.2) is 49.4 Å². The molecule has 4 aromatic heterocycles. The standard InChI is InChI=1S/C77H46F6N10/c78-76(79,80)58-35-19-33-53(41-58)60-45-57(75-91-71(51-29-15-5-16-30-51)86-72(92-75)52-31-17-6-18-32-52)46-61(54-34-20-36-59(42-54)77(81,82)83)66(60)93-64-39-37-55(73-87-67(47-21-7-1-8-22-47)84-68(88-73)48-23-9-2-10-24-48)43-62(64)63-44-56(38-40-65(63)93)74-89-69(49-25-11-3-12-26-49)85-70(90-74)50-27-13-4-14-28-50/h1-46H. The SMILES string of the molecule is FC(F)(F)c1cccc(-c2cc(-c3nc(-c4ccccc4)nc(-c4ccccc4)n3)cc(-c3cccc(C(F)(F)F)c3)c2-n2c3ccc(-c4nc(-c5ccccc5)nc(-c5ccccc5)n4)cc3c3cc(-c4nc(-c5ccccc5)nc(-c5ccccc5)n4)ccc32)c1. The summed E-state index contributed by atoms with van der Waals surface area (Å²) in [6.07, 6.45) is -9.60. The molecule has 0 aliphatic carbocycles. The van der Waals surface area contributed by atoms with Crippen LogP contribution >= 0.6 is 0 Å². The van der Waals surface area contributed by atoms with E-state index in [1.165, 1.54) is 12.1 Å². The van der Waals surface area contributed by atoms with E-state index < -0.39 is 23.5 Å². The lowest BCUT2D eigenvalue weighted by Gasteiger charge is -2.22. The molecule has 10 nitrogen and oxygen atoms in total. The Hall–Kier alpha value is -12.2. The molecule has 0 saturated heterocycles. The van der Waals surface area contributed by atoms with Gasteiger partial charge in [-0.15, -0.1) is 0 Å². The molecule has 93 heavy (non-hydrogen) atoms. The first kappa shape index (κ1) is 57.3. The Morgan fingerprint density at radius 3 is 0.731 bits per heavy atom. The molecule has 446 valence electrons. The Labute approximate surface area is 528 Å². The van der Waals surface area contributed by atoms with Gasteiger partial charge in [0.2, 0.25) is 0 Å². The minimum Gasteiger partial charge on any atom is -0.308 e. The Morgan fingerprint density at radius 2 is 0.462 bits per heavy atom. The minimum absolute atomic E-state index is 0.0953. The van der Waals surface area contributed by atoms with Gasteiger partial charge in [0.15, 0.2) is 52.4 Å². The van der Waals surface area contributed by atoms with E-state index in [0.717, 1.165) is 46.5 Å². The normalized spacial score (nSPS) is 11.8. The molecule has 0 spiro atoms. The van der Waals surface area contributed by atoms with Crippen LogP contribution in [0.4, 0.5) is 26.3 Å². The third kappa shape index (κ3) is 11.4. The Morgan fingerprint density at radius 1 is 0.215 bits per heavy atom. The summed E-state index contributed by atoms with van der Waals surface area (Å²) in [7, 11) is 0. The maximum atomic E-state index is 15.2. The summed E-state index contributed by atoms with van der Waals surface area (Å²) in [6, 6.07) is 81.1. The van der Waals surface area contributed by atoms with Gasteiger partial charge in [-0.05, 0) is 83.9 Å². The van der Waals surface area contributed by atoms with Crippen molar-refractivity contribution in [2.45, 2.75) is 12.4 Å². The first-order valence-electron chi connectivity index (χ1n) is 29.6. The van der Waals surface area contributed by atoms with Crippen molar-refractivity contribution in [3.8, 4) is 130 Å². The van der Waals surface area contributed by atoms with Crippen LogP contribution in [0, 0.1) is 0 Å². The van der Waals surface area contributed by atoms with Crippen molar-refractivity contribution in [3.63, 3.8) is 0 Å². The third-order valence-electron chi connectivity index (χ3n) is 16.0. The number of aromatic nitrogens is 10. The van der Waals surface area contributed by atoms with E-state index in [2.05, 4.69) is 0 Å². The Balaban J connectivity index is 1.06. The van der Waals surface area contributed by atoms with E-state index in [1.807, 2.05) is 223 Å². The summed E-state index contributed by atoms with van der Waals surface area (Å²) in [4.78, 5) is 45.2. The number of halogens is 6. The maximum Gasteiger partial charge on any atom is 0.416 e. The number of hydrogen-bond acceptors (Lipinski definition) is 9. The average molecular weight is 1230 g/mol. The van der Waals surface area contributed by atoms with Crippen molar-refractivity contribution < 1.29 is 26.3 Å². The number of alkyl halides is 6. The summed E-state index contributed by atoms with van der Waals surface area (Å²) in [5.74, 6) is 3.03. The van der Waals surface area contributed by atoms with Crippen LogP contribution in [-0.2, 0) is 12.4 Å². The quantitative estimate of drug-likeness (QED) is 0.110.